The maximum atomic E-state index is 12.3. The van der Waals surface area contributed by atoms with Crippen molar-refractivity contribution in [2.24, 2.45) is 0 Å². The van der Waals surface area contributed by atoms with Gasteiger partial charge in [-0.3, -0.25) is 0 Å². The molecular weight excluding hydrogens is 329 g/mol. The second kappa shape index (κ2) is 6.04. The van der Waals surface area contributed by atoms with Crippen molar-refractivity contribution in [3.63, 3.8) is 0 Å². The van der Waals surface area contributed by atoms with Gasteiger partial charge in [-0.05, 0) is 18.2 Å². The van der Waals surface area contributed by atoms with Crippen molar-refractivity contribution in [3.05, 3.63) is 53.6 Å². The number of nitrogens with zero attached hydrogens (tertiary/aromatic N) is 2. The van der Waals surface area contributed by atoms with Gasteiger partial charge in [0, 0.05) is 16.0 Å². The summed E-state index contributed by atoms with van der Waals surface area (Å²) in [7, 11) is 0. The molecule has 0 aliphatic rings. The molecule has 3 nitrogen and oxygen atoms in total. The molecule has 0 saturated carbocycles. The van der Waals surface area contributed by atoms with Crippen molar-refractivity contribution in [1.82, 2.24) is 9.97 Å². The summed E-state index contributed by atoms with van der Waals surface area (Å²) in [5, 5.41) is 1.13. The molecule has 0 bridgehead atoms. The monoisotopic (exact) mass is 338 g/mol. The van der Waals surface area contributed by atoms with Crippen molar-refractivity contribution in [2.75, 3.05) is 6.61 Å². The molecule has 0 radical (unpaired) electrons. The highest BCUT2D eigenvalue weighted by molar-refractivity contribution is 6.31. The predicted octanol–water partition coefficient (Wildman–Crippen LogP) is 4.89. The topological polar surface area (TPSA) is 35.0 Å². The molecule has 0 saturated heterocycles. The minimum Gasteiger partial charge on any atom is -0.454 e. The number of alkyl halides is 3. The largest absolute Gasteiger partial charge is 0.454 e. The molecule has 0 aliphatic heterocycles. The lowest BCUT2D eigenvalue weighted by atomic mass is 10.1. The Morgan fingerprint density at radius 2 is 1.74 bits per heavy atom. The zero-order chi connectivity index (χ0) is 16.4. The molecule has 0 spiro atoms. The Kier molecular flexibility index (Phi) is 4.09. The van der Waals surface area contributed by atoms with Crippen LogP contribution in [0, 0.1) is 0 Å². The number of hydrogen-bond donors (Lipinski definition) is 0. The highest BCUT2D eigenvalue weighted by Crippen LogP contribution is 2.30. The van der Waals surface area contributed by atoms with Gasteiger partial charge in [-0.2, -0.15) is 23.1 Å². The molecule has 0 N–H and O–H groups in total. The molecular formula is C16H10ClF3N2O. The Morgan fingerprint density at radius 3 is 2.43 bits per heavy atom. The third-order valence-corrected chi connectivity index (χ3v) is 3.28. The summed E-state index contributed by atoms with van der Waals surface area (Å²) in [5.74, 6) is 0. The van der Waals surface area contributed by atoms with Crippen molar-refractivity contribution >= 4 is 22.5 Å². The molecule has 1 aromatic heterocycles. The number of halogens is 4. The molecule has 23 heavy (non-hydrogen) atoms. The minimum absolute atomic E-state index is 0.323. The lowest BCUT2D eigenvalue weighted by molar-refractivity contribution is -0.154. The summed E-state index contributed by atoms with van der Waals surface area (Å²) in [6, 6.07) is 13.6. The molecule has 0 aliphatic carbocycles. The summed E-state index contributed by atoms with van der Waals surface area (Å²) < 4.78 is 41.7. The van der Waals surface area contributed by atoms with E-state index in [1.165, 1.54) is 0 Å². The number of hydrogen-bond acceptors (Lipinski definition) is 3. The van der Waals surface area contributed by atoms with Crippen LogP contribution in [0.3, 0.4) is 0 Å². The lowest BCUT2D eigenvalue weighted by Crippen LogP contribution is -2.20. The summed E-state index contributed by atoms with van der Waals surface area (Å²) in [6.45, 7) is -1.44. The van der Waals surface area contributed by atoms with E-state index in [1.54, 1.807) is 30.3 Å². The van der Waals surface area contributed by atoms with E-state index in [-0.39, 0.29) is 6.01 Å². The second-order valence-corrected chi connectivity index (χ2v) is 5.22. The van der Waals surface area contributed by atoms with Crippen LogP contribution in [-0.2, 0) is 0 Å². The molecule has 3 aromatic rings. The van der Waals surface area contributed by atoms with Crippen molar-refractivity contribution in [3.8, 4) is 17.3 Å². The predicted molar refractivity (Wildman–Crippen MR) is 81.5 cm³/mol. The maximum Gasteiger partial charge on any atom is 0.422 e. The Hall–Kier alpha value is -2.34. The molecule has 2 aromatic carbocycles. The Morgan fingerprint density at radius 1 is 1.00 bits per heavy atom. The number of ether oxygens (including phenoxy) is 1. The molecule has 1 heterocycles. The Balaban J connectivity index is 2.13. The van der Waals surface area contributed by atoms with E-state index in [1.807, 2.05) is 18.2 Å². The minimum atomic E-state index is -4.45. The first-order chi connectivity index (χ1) is 10.9. The third-order valence-electron chi connectivity index (χ3n) is 3.05. The van der Waals surface area contributed by atoms with Gasteiger partial charge in [-0.1, -0.05) is 41.9 Å². The Bertz CT molecular complexity index is 838. The van der Waals surface area contributed by atoms with E-state index in [0.29, 0.717) is 21.6 Å². The molecule has 0 unspecified atom stereocenters. The Labute approximate surface area is 134 Å². The van der Waals surface area contributed by atoms with Crippen LogP contribution >= 0.6 is 11.6 Å². The third kappa shape index (κ3) is 3.71. The van der Waals surface area contributed by atoms with E-state index in [2.05, 4.69) is 9.97 Å². The summed E-state index contributed by atoms with van der Waals surface area (Å²) in [6.07, 6.45) is -4.45. The van der Waals surface area contributed by atoms with Gasteiger partial charge >= 0.3 is 12.2 Å². The SMILES string of the molecule is FC(F)(F)COc1nc(-c2ccccc2)c2cc(Cl)ccc2n1. The van der Waals surface area contributed by atoms with Crippen molar-refractivity contribution in [1.29, 1.82) is 0 Å². The van der Waals surface area contributed by atoms with Crippen LogP contribution in [0.2, 0.25) is 5.02 Å². The maximum absolute atomic E-state index is 12.3. The average molecular weight is 339 g/mol. The van der Waals surface area contributed by atoms with Crippen molar-refractivity contribution < 1.29 is 17.9 Å². The first-order valence-electron chi connectivity index (χ1n) is 6.65. The number of fused-ring (bicyclic) bond motifs is 1. The van der Waals surface area contributed by atoms with E-state index in [9.17, 15) is 13.2 Å². The van der Waals surface area contributed by atoms with E-state index < -0.39 is 12.8 Å². The number of aromatic nitrogens is 2. The molecule has 118 valence electrons. The lowest BCUT2D eigenvalue weighted by Gasteiger charge is -2.11. The van der Waals surface area contributed by atoms with Gasteiger partial charge in [0.2, 0.25) is 0 Å². The van der Waals surface area contributed by atoms with Gasteiger partial charge < -0.3 is 4.74 Å². The molecule has 0 fully saturated rings. The van der Waals surface area contributed by atoms with Gasteiger partial charge in [-0.15, -0.1) is 0 Å². The standard InChI is InChI=1S/C16H10ClF3N2O/c17-11-6-7-13-12(8-11)14(10-4-2-1-3-5-10)22-15(21-13)23-9-16(18,19)20/h1-8H,9H2. The van der Waals surface area contributed by atoms with Crippen LogP contribution in [0.5, 0.6) is 6.01 Å². The van der Waals surface area contributed by atoms with Crippen LogP contribution in [0.1, 0.15) is 0 Å². The first-order valence-corrected chi connectivity index (χ1v) is 7.02. The van der Waals surface area contributed by atoms with Crippen LogP contribution < -0.4 is 4.74 Å². The van der Waals surface area contributed by atoms with Crippen LogP contribution in [-0.4, -0.2) is 22.8 Å². The summed E-state index contributed by atoms with van der Waals surface area (Å²) >= 11 is 6.00. The zero-order valence-electron chi connectivity index (χ0n) is 11.6. The highest BCUT2D eigenvalue weighted by atomic mass is 35.5. The number of benzene rings is 2. The highest BCUT2D eigenvalue weighted by Gasteiger charge is 2.29. The fraction of sp³-hybridized carbons (Fsp3) is 0.125. The first kappa shape index (κ1) is 15.6. The second-order valence-electron chi connectivity index (χ2n) is 4.79. The van der Waals surface area contributed by atoms with E-state index in [4.69, 9.17) is 16.3 Å². The fourth-order valence-electron chi connectivity index (χ4n) is 2.11. The van der Waals surface area contributed by atoms with E-state index >= 15 is 0 Å². The quantitative estimate of drug-likeness (QED) is 0.682. The summed E-state index contributed by atoms with van der Waals surface area (Å²) in [4.78, 5) is 8.14. The zero-order valence-corrected chi connectivity index (χ0v) is 12.4. The van der Waals surface area contributed by atoms with E-state index in [0.717, 1.165) is 5.56 Å². The molecule has 0 amide bonds. The van der Waals surface area contributed by atoms with Gasteiger partial charge in [0.1, 0.15) is 0 Å². The van der Waals surface area contributed by atoms with Gasteiger partial charge in [-0.25, -0.2) is 0 Å². The molecule has 7 heteroatoms. The van der Waals surface area contributed by atoms with Gasteiger partial charge in [0.25, 0.3) is 0 Å². The molecule has 3 rings (SSSR count). The van der Waals surface area contributed by atoms with Crippen LogP contribution in [0.4, 0.5) is 13.2 Å². The number of rotatable bonds is 3. The van der Waals surface area contributed by atoms with Gasteiger partial charge in [0.15, 0.2) is 6.61 Å². The fourth-order valence-corrected chi connectivity index (χ4v) is 2.28. The summed E-state index contributed by atoms with van der Waals surface area (Å²) in [5.41, 5.74) is 1.66. The van der Waals surface area contributed by atoms with Gasteiger partial charge in [0.05, 0.1) is 11.2 Å². The normalized spacial score (nSPS) is 11.7. The van der Waals surface area contributed by atoms with Crippen molar-refractivity contribution in [2.45, 2.75) is 6.18 Å². The van der Waals surface area contributed by atoms with Crippen LogP contribution in [0.15, 0.2) is 48.5 Å². The van der Waals surface area contributed by atoms with Crippen LogP contribution in [0.25, 0.3) is 22.2 Å². The smallest absolute Gasteiger partial charge is 0.422 e. The molecule has 0 atom stereocenters. The average Bonchev–Trinajstić information content (AvgIpc) is 2.52.